The van der Waals surface area contributed by atoms with Gasteiger partial charge in [0.25, 0.3) is 0 Å². The molecule has 0 radical (unpaired) electrons. The van der Waals surface area contributed by atoms with E-state index in [2.05, 4.69) is 6.92 Å². The molecule has 0 N–H and O–H groups in total. The highest BCUT2D eigenvalue weighted by molar-refractivity contribution is 5.00. The van der Waals surface area contributed by atoms with Crippen molar-refractivity contribution < 1.29 is 14.2 Å². The summed E-state index contributed by atoms with van der Waals surface area (Å²) < 4.78 is 17.1. The van der Waals surface area contributed by atoms with Crippen molar-refractivity contribution in [2.45, 2.75) is 51.3 Å². The van der Waals surface area contributed by atoms with Crippen LogP contribution in [0.2, 0.25) is 0 Å². The molecule has 80 valence electrons. The molecule has 0 aromatic carbocycles. The van der Waals surface area contributed by atoms with Gasteiger partial charge in [-0.25, -0.2) is 0 Å². The fourth-order valence-electron chi connectivity index (χ4n) is 2.01. The van der Waals surface area contributed by atoms with E-state index in [0.29, 0.717) is 6.61 Å². The topological polar surface area (TPSA) is 27.7 Å². The molecular weight excluding hydrogens is 180 g/mol. The van der Waals surface area contributed by atoms with Gasteiger partial charge in [0.2, 0.25) is 0 Å². The van der Waals surface area contributed by atoms with E-state index in [4.69, 9.17) is 14.2 Å². The van der Waals surface area contributed by atoms with Crippen LogP contribution in [0, 0.1) is 0 Å². The van der Waals surface area contributed by atoms with Crippen molar-refractivity contribution in [3.05, 3.63) is 12.2 Å². The highest BCUT2D eigenvalue weighted by atomic mass is 16.7. The zero-order chi connectivity index (χ0) is 10.2. The van der Waals surface area contributed by atoms with Crippen molar-refractivity contribution in [3.63, 3.8) is 0 Å². The van der Waals surface area contributed by atoms with Gasteiger partial charge in [-0.15, -0.1) is 0 Å². The molecular formula is C11H18O3. The molecule has 2 heterocycles. The Morgan fingerprint density at radius 1 is 1.29 bits per heavy atom. The van der Waals surface area contributed by atoms with Crippen LogP contribution in [0.15, 0.2) is 12.2 Å². The first kappa shape index (κ1) is 10.1. The predicted molar refractivity (Wildman–Crippen MR) is 53.0 cm³/mol. The lowest BCUT2D eigenvalue weighted by Gasteiger charge is -2.21. The molecule has 0 unspecified atom stereocenters. The van der Waals surface area contributed by atoms with Crippen molar-refractivity contribution in [2.24, 2.45) is 0 Å². The number of hydrogen-bond donors (Lipinski definition) is 0. The van der Waals surface area contributed by atoms with E-state index >= 15 is 0 Å². The second-order valence-corrected chi connectivity index (χ2v) is 4.45. The third-order valence-corrected chi connectivity index (χ3v) is 2.59. The van der Waals surface area contributed by atoms with Crippen LogP contribution in [-0.4, -0.2) is 30.7 Å². The first-order chi connectivity index (χ1) is 6.57. The Kier molecular flexibility index (Phi) is 2.64. The molecule has 0 aromatic heterocycles. The summed E-state index contributed by atoms with van der Waals surface area (Å²) in [5.74, 6) is -0.455. The molecule has 0 amide bonds. The average Bonchev–Trinajstić information content (AvgIpc) is 2.31. The van der Waals surface area contributed by atoms with Crippen LogP contribution >= 0.6 is 0 Å². The zero-order valence-corrected chi connectivity index (χ0v) is 9.03. The van der Waals surface area contributed by atoms with Crippen LogP contribution in [0.4, 0.5) is 0 Å². The summed E-state index contributed by atoms with van der Waals surface area (Å²) in [7, 11) is 0. The molecule has 14 heavy (non-hydrogen) atoms. The lowest BCUT2D eigenvalue weighted by molar-refractivity contribution is -0.145. The summed E-state index contributed by atoms with van der Waals surface area (Å²) in [6, 6.07) is 0. The highest BCUT2D eigenvalue weighted by Gasteiger charge is 2.40. The molecule has 2 aliphatic heterocycles. The Hall–Kier alpha value is -0.380. The second-order valence-electron chi connectivity index (χ2n) is 4.45. The third-order valence-electron chi connectivity index (χ3n) is 2.59. The van der Waals surface area contributed by atoms with Gasteiger partial charge in [0.1, 0.15) is 6.10 Å². The summed E-state index contributed by atoms with van der Waals surface area (Å²) in [6.07, 6.45) is 5.43. The molecule has 1 fully saturated rings. The largest absolute Gasteiger partial charge is 0.374 e. The molecule has 1 saturated heterocycles. The van der Waals surface area contributed by atoms with Crippen LogP contribution in [0.3, 0.4) is 0 Å². The Morgan fingerprint density at radius 2 is 2.07 bits per heavy atom. The Bertz CT molecular complexity index is 235. The van der Waals surface area contributed by atoms with Crippen molar-refractivity contribution in [2.75, 3.05) is 6.61 Å². The van der Waals surface area contributed by atoms with E-state index in [-0.39, 0.29) is 18.3 Å². The second kappa shape index (κ2) is 3.65. The van der Waals surface area contributed by atoms with Gasteiger partial charge in [0.15, 0.2) is 5.79 Å². The average molecular weight is 198 g/mol. The Balaban J connectivity index is 2.10. The van der Waals surface area contributed by atoms with Gasteiger partial charge in [-0.1, -0.05) is 12.2 Å². The summed E-state index contributed by atoms with van der Waals surface area (Å²) >= 11 is 0. The summed E-state index contributed by atoms with van der Waals surface area (Å²) in [6.45, 7) is 6.66. The Labute approximate surface area is 85.0 Å². The van der Waals surface area contributed by atoms with Gasteiger partial charge >= 0.3 is 0 Å². The summed E-state index contributed by atoms with van der Waals surface area (Å²) in [5, 5.41) is 0. The molecule has 2 rings (SSSR count). The smallest absolute Gasteiger partial charge is 0.164 e. The van der Waals surface area contributed by atoms with Gasteiger partial charge in [0.05, 0.1) is 18.8 Å². The summed E-state index contributed by atoms with van der Waals surface area (Å²) in [4.78, 5) is 0. The highest BCUT2D eigenvalue weighted by Crippen LogP contribution is 2.32. The minimum atomic E-state index is -0.455. The lowest BCUT2D eigenvalue weighted by Crippen LogP contribution is -2.28. The molecule has 0 aromatic rings. The van der Waals surface area contributed by atoms with Crippen LogP contribution in [0.25, 0.3) is 0 Å². The third kappa shape index (κ3) is 2.16. The molecule has 0 spiro atoms. The molecule has 2 aliphatic rings. The zero-order valence-electron chi connectivity index (χ0n) is 9.03. The maximum absolute atomic E-state index is 5.81. The van der Waals surface area contributed by atoms with Gasteiger partial charge in [0, 0.05) is 6.42 Å². The van der Waals surface area contributed by atoms with Gasteiger partial charge in [-0.05, 0) is 20.8 Å². The maximum Gasteiger partial charge on any atom is 0.164 e. The van der Waals surface area contributed by atoms with E-state index in [9.17, 15) is 0 Å². The number of rotatable bonds is 0. The van der Waals surface area contributed by atoms with Crippen LogP contribution < -0.4 is 0 Å². The minimum absolute atomic E-state index is 0.0938. The molecule has 0 aliphatic carbocycles. The number of ether oxygens (including phenoxy) is 3. The first-order valence-corrected chi connectivity index (χ1v) is 5.21. The fraction of sp³-hybridized carbons (Fsp3) is 0.818. The van der Waals surface area contributed by atoms with Crippen molar-refractivity contribution in [1.82, 2.24) is 0 Å². The number of fused-ring (bicyclic) bond motifs is 1. The van der Waals surface area contributed by atoms with E-state index in [1.54, 1.807) is 0 Å². The molecule has 3 heteroatoms. The maximum atomic E-state index is 5.81. The fourth-order valence-corrected chi connectivity index (χ4v) is 2.01. The van der Waals surface area contributed by atoms with Crippen LogP contribution in [0.5, 0.6) is 0 Å². The molecule has 0 bridgehead atoms. The van der Waals surface area contributed by atoms with E-state index in [1.807, 2.05) is 26.0 Å². The predicted octanol–water partition coefficient (Wildman–Crippen LogP) is 1.87. The quantitative estimate of drug-likeness (QED) is 0.556. The monoisotopic (exact) mass is 198 g/mol. The molecule has 0 saturated carbocycles. The summed E-state index contributed by atoms with van der Waals surface area (Å²) in [5.41, 5.74) is 0. The Morgan fingerprint density at radius 3 is 2.86 bits per heavy atom. The van der Waals surface area contributed by atoms with Crippen molar-refractivity contribution in [3.8, 4) is 0 Å². The number of hydrogen-bond acceptors (Lipinski definition) is 3. The molecule has 3 atom stereocenters. The minimum Gasteiger partial charge on any atom is -0.374 e. The van der Waals surface area contributed by atoms with Gasteiger partial charge < -0.3 is 14.2 Å². The SMILES string of the molecule is C[C@H]1C[C@H]2OC(C)(C)O[C@H]2/C=C\CO1. The van der Waals surface area contributed by atoms with Crippen LogP contribution in [0.1, 0.15) is 27.2 Å². The first-order valence-electron chi connectivity index (χ1n) is 5.21. The van der Waals surface area contributed by atoms with Gasteiger partial charge in [-0.3, -0.25) is 0 Å². The lowest BCUT2D eigenvalue weighted by atomic mass is 10.1. The van der Waals surface area contributed by atoms with E-state index in [1.165, 1.54) is 0 Å². The van der Waals surface area contributed by atoms with Crippen LogP contribution in [-0.2, 0) is 14.2 Å². The normalized spacial score (nSPS) is 43.8. The van der Waals surface area contributed by atoms with Gasteiger partial charge in [-0.2, -0.15) is 0 Å². The van der Waals surface area contributed by atoms with Crippen molar-refractivity contribution in [1.29, 1.82) is 0 Å². The van der Waals surface area contributed by atoms with E-state index in [0.717, 1.165) is 6.42 Å². The van der Waals surface area contributed by atoms with Crippen molar-refractivity contribution >= 4 is 0 Å². The molecule has 3 nitrogen and oxygen atoms in total. The van der Waals surface area contributed by atoms with E-state index < -0.39 is 5.79 Å². The standard InChI is InChI=1S/C11H18O3/c1-8-7-10-9(5-4-6-12-8)13-11(2,3)14-10/h4-5,8-10H,6-7H2,1-3H3/b5-4-/t8-,9-,10+/m0/s1.